The number of ketones is 1. The summed E-state index contributed by atoms with van der Waals surface area (Å²) in [6.07, 6.45) is 15.5. The van der Waals surface area contributed by atoms with E-state index >= 15 is 0 Å². The van der Waals surface area contributed by atoms with Gasteiger partial charge in [-0.05, 0) is 103 Å². The summed E-state index contributed by atoms with van der Waals surface area (Å²) in [5.41, 5.74) is 3.75. The minimum atomic E-state index is -0.141. The first-order chi connectivity index (χ1) is 14.2. The number of hydrogen-bond acceptors (Lipinski definition) is 1. The first kappa shape index (κ1) is 22.2. The lowest BCUT2D eigenvalue weighted by Gasteiger charge is -2.70. The highest BCUT2D eigenvalue weighted by atomic mass is 16.1. The van der Waals surface area contributed by atoms with Gasteiger partial charge in [-0.1, -0.05) is 67.0 Å². The van der Waals surface area contributed by atoms with Crippen molar-refractivity contribution in [1.82, 2.24) is 0 Å². The maximum Gasteiger partial charge on any atom is 0.138 e. The van der Waals surface area contributed by atoms with Crippen molar-refractivity contribution in [3.05, 3.63) is 11.6 Å². The fourth-order valence-corrected chi connectivity index (χ4v) is 10.3. The Morgan fingerprint density at radius 3 is 2.19 bits per heavy atom. The average Bonchev–Trinajstić information content (AvgIpc) is 2.67. The molecule has 7 atom stereocenters. The fraction of sp³-hybridized carbons (Fsp3) is 0.900. The quantitative estimate of drug-likeness (QED) is 0.357. The van der Waals surface area contributed by atoms with Crippen LogP contribution >= 0.6 is 0 Å². The van der Waals surface area contributed by atoms with Gasteiger partial charge in [-0.15, -0.1) is 0 Å². The van der Waals surface area contributed by atoms with Crippen molar-refractivity contribution in [2.24, 2.45) is 50.2 Å². The molecule has 0 heterocycles. The van der Waals surface area contributed by atoms with Crippen molar-refractivity contribution >= 4 is 5.78 Å². The third kappa shape index (κ3) is 2.70. The van der Waals surface area contributed by atoms with Crippen LogP contribution in [0, 0.1) is 50.2 Å². The van der Waals surface area contributed by atoms with E-state index in [2.05, 4.69) is 61.5 Å². The van der Waals surface area contributed by atoms with Gasteiger partial charge in [0, 0.05) is 11.8 Å². The van der Waals surface area contributed by atoms with Gasteiger partial charge in [-0.3, -0.25) is 4.79 Å². The summed E-state index contributed by atoms with van der Waals surface area (Å²) >= 11 is 0. The van der Waals surface area contributed by atoms with E-state index < -0.39 is 0 Å². The predicted molar refractivity (Wildman–Crippen MR) is 130 cm³/mol. The topological polar surface area (TPSA) is 17.1 Å². The van der Waals surface area contributed by atoms with Crippen molar-refractivity contribution in [3.63, 3.8) is 0 Å². The Balaban J connectivity index is 1.58. The molecular formula is C30H48O. The lowest BCUT2D eigenvalue weighted by atomic mass is 9.34. The Bertz CT molecular complexity index is 831. The van der Waals surface area contributed by atoms with Gasteiger partial charge in [0.25, 0.3) is 0 Å². The maximum atomic E-state index is 12.9. The van der Waals surface area contributed by atoms with Crippen LogP contribution in [0.3, 0.4) is 0 Å². The third-order valence-corrected chi connectivity index (χ3v) is 12.8. The molecule has 0 aromatic rings. The predicted octanol–water partition coefficient (Wildman–Crippen LogP) is 8.38. The Morgan fingerprint density at radius 1 is 0.806 bits per heavy atom. The number of allylic oxidation sites excluding steroid dienone is 2. The zero-order chi connectivity index (χ0) is 22.7. The van der Waals surface area contributed by atoms with Gasteiger partial charge in [-0.25, -0.2) is 0 Å². The van der Waals surface area contributed by atoms with Gasteiger partial charge in [0.2, 0.25) is 0 Å². The molecule has 5 rings (SSSR count). The smallest absolute Gasteiger partial charge is 0.138 e. The van der Waals surface area contributed by atoms with E-state index in [9.17, 15) is 4.79 Å². The van der Waals surface area contributed by atoms with Crippen LogP contribution in [-0.4, -0.2) is 5.78 Å². The van der Waals surface area contributed by atoms with Crippen LogP contribution in [0.15, 0.2) is 11.6 Å². The minimum Gasteiger partial charge on any atom is -0.299 e. The summed E-state index contributed by atoms with van der Waals surface area (Å²) in [6, 6.07) is 0. The lowest BCUT2D eigenvalue weighted by Crippen LogP contribution is -2.64. The van der Waals surface area contributed by atoms with Crippen LogP contribution in [0.4, 0.5) is 0 Å². The van der Waals surface area contributed by atoms with Crippen LogP contribution in [0.1, 0.15) is 120 Å². The van der Waals surface area contributed by atoms with Crippen LogP contribution in [0.25, 0.3) is 0 Å². The van der Waals surface area contributed by atoms with Gasteiger partial charge in [0.15, 0.2) is 0 Å². The summed E-state index contributed by atoms with van der Waals surface area (Å²) in [7, 11) is 0. The molecule has 0 bridgehead atoms. The number of carbonyl (C=O) groups excluding carboxylic acids is 1. The molecule has 7 unspecified atom stereocenters. The van der Waals surface area contributed by atoms with E-state index in [4.69, 9.17) is 0 Å². The van der Waals surface area contributed by atoms with E-state index in [0.29, 0.717) is 38.8 Å². The van der Waals surface area contributed by atoms with E-state index in [-0.39, 0.29) is 5.41 Å². The molecule has 5 aliphatic rings. The second-order valence-electron chi connectivity index (χ2n) is 15.0. The number of rotatable bonds is 0. The lowest BCUT2D eigenvalue weighted by molar-refractivity contribution is -0.184. The molecule has 0 radical (unpaired) electrons. The second-order valence-corrected chi connectivity index (χ2v) is 15.0. The van der Waals surface area contributed by atoms with Gasteiger partial charge in [-0.2, -0.15) is 0 Å². The van der Waals surface area contributed by atoms with Gasteiger partial charge >= 0.3 is 0 Å². The number of carbonyl (C=O) groups is 1. The molecule has 0 amide bonds. The molecule has 1 heteroatoms. The molecule has 5 aliphatic carbocycles. The van der Waals surface area contributed by atoms with Gasteiger partial charge < -0.3 is 0 Å². The molecule has 0 aliphatic heterocycles. The molecule has 0 spiro atoms. The summed E-state index contributed by atoms with van der Waals surface area (Å²) in [4.78, 5) is 12.9. The minimum absolute atomic E-state index is 0.141. The van der Waals surface area contributed by atoms with Gasteiger partial charge in [0.1, 0.15) is 5.78 Å². The molecule has 1 nitrogen and oxygen atoms in total. The molecule has 4 saturated carbocycles. The Morgan fingerprint density at radius 2 is 1.48 bits per heavy atom. The molecule has 174 valence electrons. The maximum absolute atomic E-state index is 12.9. The van der Waals surface area contributed by atoms with Crippen LogP contribution in [0.5, 0.6) is 0 Å². The van der Waals surface area contributed by atoms with Crippen LogP contribution in [0.2, 0.25) is 0 Å². The van der Waals surface area contributed by atoms with E-state index in [0.717, 1.165) is 24.7 Å². The monoisotopic (exact) mass is 424 g/mol. The van der Waals surface area contributed by atoms with Crippen molar-refractivity contribution in [3.8, 4) is 0 Å². The molecule has 31 heavy (non-hydrogen) atoms. The molecule has 4 fully saturated rings. The molecule has 0 saturated heterocycles. The highest BCUT2D eigenvalue weighted by Crippen LogP contribution is 2.75. The zero-order valence-electron chi connectivity index (χ0n) is 21.8. The van der Waals surface area contributed by atoms with Gasteiger partial charge in [0.05, 0.1) is 0 Å². The molecule has 0 N–H and O–H groups in total. The Kier molecular flexibility index (Phi) is 4.51. The van der Waals surface area contributed by atoms with Crippen molar-refractivity contribution in [2.75, 3.05) is 0 Å². The van der Waals surface area contributed by atoms with Crippen molar-refractivity contribution in [2.45, 2.75) is 120 Å². The Labute approximate surface area is 192 Å². The molecular weight excluding hydrogens is 376 g/mol. The third-order valence-electron chi connectivity index (χ3n) is 12.8. The van der Waals surface area contributed by atoms with Crippen molar-refractivity contribution < 1.29 is 4.79 Å². The highest BCUT2D eigenvalue weighted by Gasteiger charge is 2.67. The molecule has 0 aromatic carbocycles. The second kappa shape index (κ2) is 6.29. The van der Waals surface area contributed by atoms with E-state index in [1.54, 1.807) is 0 Å². The zero-order valence-corrected chi connectivity index (χ0v) is 21.8. The first-order valence-electron chi connectivity index (χ1n) is 13.4. The van der Waals surface area contributed by atoms with Crippen molar-refractivity contribution in [1.29, 1.82) is 0 Å². The summed E-state index contributed by atoms with van der Waals surface area (Å²) in [6.45, 7) is 20.1. The molecule has 0 aromatic heterocycles. The summed E-state index contributed by atoms with van der Waals surface area (Å²) in [5, 5.41) is 0. The highest BCUT2D eigenvalue weighted by molar-refractivity contribution is 5.85. The summed E-state index contributed by atoms with van der Waals surface area (Å²) in [5.74, 6) is 2.58. The fourth-order valence-electron chi connectivity index (χ4n) is 10.3. The van der Waals surface area contributed by atoms with Crippen LogP contribution in [-0.2, 0) is 4.79 Å². The Hall–Kier alpha value is -0.590. The van der Waals surface area contributed by atoms with E-state index in [1.165, 1.54) is 51.4 Å². The van der Waals surface area contributed by atoms with E-state index in [1.807, 2.05) is 5.57 Å². The average molecular weight is 425 g/mol. The number of Topliss-reactive ketones (excluding diaryl/α,β-unsaturated/α-hetero) is 1. The number of fused-ring (bicyclic) bond motifs is 7. The first-order valence-corrected chi connectivity index (χ1v) is 13.4. The largest absolute Gasteiger partial charge is 0.299 e. The standard InChI is InChI=1S/C30H48O/c1-25(2)15-16-27(5)17-18-29(7)20(21(27)19-25)9-10-23-28(6)13-12-24(31)26(3,4)22(28)11-14-30(23,29)8/h9,21-23H,10-19H2,1-8H3. The van der Waals surface area contributed by atoms with Crippen LogP contribution < -0.4 is 0 Å². The summed E-state index contributed by atoms with van der Waals surface area (Å²) < 4.78 is 0. The number of hydrogen-bond donors (Lipinski definition) is 0. The SMILES string of the molecule is CC1(C)CCC2(C)CCC3(C)C(=CCC4C5(C)CCC(=O)C(C)(C)C5CCC43C)C2C1. The normalized spacial score (nSPS) is 52.8.